The van der Waals surface area contributed by atoms with Crippen LogP contribution in [-0.2, 0) is 21.2 Å². The van der Waals surface area contributed by atoms with Crippen molar-refractivity contribution in [1.82, 2.24) is 4.98 Å². The number of hydrogen-bond donors (Lipinski definition) is 1. The fourth-order valence-electron chi connectivity index (χ4n) is 1.63. The predicted molar refractivity (Wildman–Crippen MR) is 77.8 cm³/mol. The lowest BCUT2D eigenvalue weighted by Crippen LogP contribution is -2.23. The summed E-state index contributed by atoms with van der Waals surface area (Å²) in [6, 6.07) is 4.56. The molecule has 0 aliphatic heterocycles. The number of aliphatic carboxylic acids is 1. The van der Waals surface area contributed by atoms with Crippen molar-refractivity contribution in [3.8, 4) is 0 Å². The zero-order valence-corrected chi connectivity index (χ0v) is 13.2. The highest BCUT2D eigenvalue weighted by Gasteiger charge is 2.19. The molecule has 0 saturated carbocycles. The van der Waals surface area contributed by atoms with E-state index in [9.17, 15) is 18.3 Å². The Balaban J connectivity index is 2.27. The van der Waals surface area contributed by atoms with E-state index in [1.165, 1.54) is 18.3 Å². The first kappa shape index (κ1) is 15.7. The van der Waals surface area contributed by atoms with Gasteiger partial charge in [0.15, 0.2) is 5.13 Å². The summed E-state index contributed by atoms with van der Waals surface area (Å²) in [5.41, 5.74) is 0.429. The number of nitrogens with one attached hydrogen (secondary N) is 1. The molecule has 9 heteroatoms. The van der Waals surface area contributed by atoms with Crippen molar-refractivity contribution >= 4 is 44.1 Å². The molecule has 0 aliphatic rings. The maximum absolute atomic E-state index is 12.3. The van der Waals surface area contributed by atoms with Gasteiger partial charge in [0.25, 0.3) is 10.0 Å². The average molecular weight is 346 g/mol. The van der Waals surface area contributed by atoms with Gasteiger partial charge in [0, 0.05) is 28.5 Å². The molecule has 0 amide bonds. The Bertz CT molecular complexity index is 786. The molecule has 1 heterocycles. The molecule has 1 N–H and O–H groups in total. The Morgan fingerprint density at radius 1 is 1.48 bits per heavy atom. The van der Waals surface area contributed by atoms with E-state index in [-0.39, 0.29) is 16.4 Å². The number of carbonyl (C=O) groups is 1. The molecule has 0 fully saturated rings. The standard InChI is InChI=1S/C12H11ClN2O4S2/c1-7-9(13)3-2-4-10(7)21(18,19)15-12-14-6-8(20-12)5-11(16)17/h2-4,6H,5H2,1H3,(H,14,15)(H,16,17)/p-1. The first-order chi connectivity index (χ1) is 9.79. The van der Waals surface area contributed by atoms with Gasteiger partial charge < -0.3 is 9.90 Å². The van der Waals surface area contributed by atoms with Crippen molar-refractivity contribution in [3.05, 3.63) is 39.9 Å². The maximum Gasteiger partial charge on any atom is 0.263 e. The van der Waals surface area contributed by atoms with Gasteiger partial charge in [0.2, 0.25) is 0 Å². The predicted octanol–water partition coefficient (Wildman–Crippen LogP) is 1.20. The molecule has 0 bridgehead atoms. The largest absolute Gasteiger partial charge is 0.550 e. The number of sulfonamides is 1. The van der Waals surface area contributed by atoms with Crippen LogP contribution >= 0.6 is 22.9 Å². The number of thiazole rings is 1. The van der Waals surface area contributed by atoms with Crippen LogP contribution in [0.15, 0.2) is 29.3 Å². The van der Waals surface area contributed by atoms with E-state index >= 15 is 0 Å². The van der Waals surface area contributed by atoms with E-state index in [4.69, 9.17) is 11.6 Å². The van der Waals surface area contributed by atoms with Crippen LogP contribution in [0.1, 0.15) is 10.4 Å². The minimum absolute atomic E-state index is 0.0478. The summed E-state index contributed by atoms with van der Waals surface area (Å²) in [5.74, 6) is -1.25. The highest BCUT2D eigenvalue weighted by atomic mass is 35.5. The molecule has 2 rings (SSSR count). The smallest absolute Gasteiger partial charge is 0.263 e. The molecule has 2 aromatic rings. The number of rotatable bonds is 5. The topological polar surface area (TPSA) is 99.2 Å². The summed E-state index contributed by atoms with van der Waals surface area (Å²) >= 11 is 6.84. The summed E-state index contributed by atoms with van der Waals surface area (Å²) in [4.78, 5) is 14.8. The van der Waals surface area contributed by atoms with E-state index in [1.807, 2.05) is 0 Å². The van der Waals surface area contributed by atoms with Gasteiger partial charge in [-0.1, -0.05) is 17.7 Å². The quantitative estimate of drug-likeness (QED) is 0.877. The molecule has 1 aromatic carbocycles. The summed E-state index contributed by atoms with van der Waals surface area (Å²) in [5, 5.41) is 10.9. The highest BCUT2D eigenvalue weighted by molar-refractivity contribution is 7.93. The summed E-state index contributed by atoms with van der Waals surface area (Å²) in [7, 11) is -3.83. The molecule has 1 aromatic heterocycles. The van der Waals surface area contributed by atoms with E-state index in [1.54, 1.807) is 13.0 Å². The van der Waals surface area contributed by atoms with Crippen molar-refractivity contribution in [2.24, 2.45) is 0 Å². The molecule has 0 atom stereocenters. The van der Waals surface area contributed by atoms with Gasteiger partial charge in [-0.2, -0.15) is 0 Å². The van der Waals surface area contributed by atoms with Crippen molar-refractivity contribution in [3.63, 3.8) is 0 Å². The zero-order valence-electron chi connectivity index (χ0n) is 10.8. The van der Waals surface area contributed by atoms with Crippen LogP contribution in [0.4, 0.5) is 5.13 Å². The Morgan fingerprint density at radius 2 is 2.19 bits per heavy atom. The average Bonchev–Trinajstić information content (AvgIpc) is 2.78. The van der Waals surface area contributed by atoms with Gasteiger partial charge in [-0.25, -0.2) is 13.4 Å². The van der Waals surface area contributed by atoms with Crippen LogP contribution < -0.4 is 9.83 Å². The highest BCUT2D eigenvalue weighted by Crippen LogP contribution is 2.26. The molecule has 21 heavy (non-hydrogen) atoms. The minimum Gasteiger partial charge on any atom is -0.550 e. The lowest BCUT2D eigenvalue weighted by Gasteiger charge is -2.09. The van der Waals surface area contributed by atoms with Crippen molar-refractivity contribution in [2.45, 2.75) is 18.2 Å². The van der Waals surface area contributed by atoms with Crippen molar-refractivity contribution in [1.29, 1.82) is 0 Å². The van der Waals surface area contributed by atoms with Crippen LogP contribution in [0, 0.1) is 6.92 Å². The lowest BCUT2D eigenvalue weighted by atomic mass is 10.2. The number of nitrogens with zero attached hydrogens (tertiary/aromatic N) is 1. The van der Waals surface area contributed by atoms with Crippen LogP contribution in [0.25, 0.3) is 0 Å². The first-order valence-corrected chi connectivity index (χ1v) is 8.40. The number of aromatic nitrogens is 1. The fraction of sp³-hybridized carbons (Fsp3) is 0.167. The van der Waals surface area contributed by atoms with Gasteiger partial charge in [0.1, 0.15) is 0 Å². The van der Waals surface area contributed by atoms with Crippen molar-refractivity contribution < 1.29 is 18.3 Å². The van der Waals surface area contributed by atoms with Crippen LogP contribution in [-0.4, -0.2) is 19.4 Å². The van der Waals surface area contributed by atoms with Crippen LogP contribution in [0.2, 0.25) is 5.02 Å². The number of carboxylic acids is 1. The number of benzene rings is 1. The zero-order chi connectivity index (χ0) is 15.6. The molecule has 0 unspecified atom stereocenters. The number of halogens is 1. The van der Waals surface area contributed by atoms with Crippen LogP contribution in [0.3, 0.4) is 0 Å². The van der Waals surface area contributed by atoms with E-state index in [0.717, 1.165) is 11.3 Å². The minimum atomic E-state index is -3.83. The number of hydrogen-bond acceptors (Lipinski definition) is 6. The maximum atomic E-state index is 12.3. The second kappa shape index (κ2) is 6.00. The molecule has 6 nitrogen and oxygen atoms in total. The normalized spacial score (nSPS) is 11.3. The lowest BCUT2D eigenvalue weighted by molar-refractivity contribution is -0.304. The summed E-state index contributed by atoms with van der Waals surface area (Å²) in [6.45, 7) is 1.60. The molecule has 0 spiro atoms. The van der Waals surface area contributed by atoms with Crippen LogP contribution in [0.5, 0.6) is 0 Å². The number of carbonyl (C=O) groups excluding carboxylic acids is 1. The summed E-state index contributed by atoms with van der Waals surface area (Å²) < 4.78 is 26.9. The number of carboxylic acid groups (broad SMARTS) is 1. The van der Waals surface area contributed by atoms with Gasteiger partial charge in [0.05, 0.1) is 4.90 Å². The second-order valence-corrected chi connectivity index (χ2v) is 7.32. The molecule has 0 aliphatic carbocycles. The summed E-state index contributed by atoms with van der Waals surface area (Å²) in [6.07, 6.45) is 0.985. The first-order valence-electron chi connectivity index (χ1n) is 5.72. The number of anilines is 1. The van der Waals surface area contributed by atoms with Gasteiger partial charge in [-0.3, -0.25) is 4.72 Å². The molecular weight excluding hydrogens is 336 g/mol. The monoisotopic (exact) mass is 345 g/mol. The van der Waals surface area contributed by atoms with Gasteiger partial charge in [-0.05, 0) is 24.6 Å². The Hall–Kier alpha value is -1.64. The van der Waals surface area contributed by atoms with E-state index in [2.05, 4.69) is 9.71 Å². The van der Waals surface area contributed by atoms with Crippen molar-refractivity contribution in [2.75, 3.05) is 4.72 Å². The van der Waals surface area contributed by atoms with Gasteiger partial charge >= 0.3 is 0 Å². The molecule has 0 saturated heterocycles. The molecule has 0 radical (unpaired) electrons. The molecule has 112 valence electrons. The second-order valence-electron chi connectivity index (χ2n) is 4.15. The Kier molecular flexibility index (Phi) is 4.50. The third-order valence-corrected chi connectivity index (χ3v) is 5.54. The van der Waals surface area contributed by atoms with Gasteiger partial charge in [-0.15, -0.1) is 11.3 Å². The fourth-order valence-corrected chi connectivity index (χ4v) is 4.17. The third kappa shape index (κ3) is 3.72. The Morgan fingerprint density at radius 3 is 2.86 bits per heavy atom. The van der Waals surface area contributed by atoms with E-state index < -0.39 is 16.0 Å². The third-order valence-electron chi connectivity index (χ3n) is 2.60. The van der Waals surface area contributed by atoms with E-state index in [0.29, 0.717) is 15.5 Å². The SMILES string of the molecule is Cc1c(Cl)cccc1S(=O)(=O)Nc1ncc(CC(=O)[O-])s1. The molecular formula is C12H10ClN2O4S2-. The Labute approximate surface area is 130 Å².